The number of nitrogens with zero attached hydrogens (tertiary/aromatic N) is 5. The molecule has 0 radical (unpaired) electrons. The van der Waals surface area contributed by atoms with Crippen molar-refractivity contribution in [2.75, 3.05) is 6.54 Å². The lowest BCUT2D eigenvalue weighted by molar-refractivity contribution is 0.0928. The first-order valence-electron chi connectivity index (χ1n) is 9.63. The molecule has 4 rings (SSSR count). The molecular weight excluding hydrogens is 326 g/mol. The lowest BCUT2D eigenvalue weighted by Gasteiger charge is -2.36. The molecule has 0 bridgehead atoms. The Labute approximate surface area is 154 Å². The van der Waals surface area contributed by atoms with Crippen LogP contribution in [0.15, 0.2) is 28.7 Å². The second kappa shape index (κ2) is 6.83. The van der Waals surface area contributed by atoms with Gasteiger partial charge in [-0.25, -0.2) is 0 Å². The molecule has 1 aliphatic heterocycles. The molecule has 0 spiro atoms. The van der Waals surface area contributed by atoms with Gasteiger partial charge in [-0.05, 0) is 53.1 Å². The third-order valence-electron chi connectivity index (χ3n) is 5.24. The highest BCUT2D eigenvalue weighted by Gasteiger charge is 2.31. The molecule has 138 valence electrons. The molecule has 26 heavy (non-hydrogen) atoms. The van der Waals surface area contributed by atoms with Crippen molar-refractivity contribution in [3.8, 4) is 11.6 Å². The standard InChI is InChI=1S/C20H27N5O/c1-13(2)24-12-8-7-11-17(24)19-21-22-20(26-19)18-15-9-5-6-10-16(15)25(23-18)14(3)4/h5-6,9-10,13-14,17H,7-8,11-12H2,1-4H3. The van der Waals surface area contributed by atoms with E-state index in [0.717, 1.165) is 35.5 Å². The van der Waals surface area contributed by atoms with Gasteiger partial charge in [-0.15, -0.1) is 10.2 Å². The van der Waals surface area contributed by atoms with E-state index in [1.807, 2.05) is 16.8 Å². The first kappa shape index (κ1) is 17.2. The monoisotopic (exact) mass is 353 g/mol. The highest BCUT2D eigenvalue weighted by molar-refractivity contribution is 5.91. The molecule has 3 heterocycles. The van der Waals surface area contributed by atoms with Gasteiger partial charge in [0.1, 0.15) is 0 Å². The zero-order valence-corrected chi connectivity index (χ0v) is 16.0. The Kier molecular flexibility index (Phi) is 4.53. The lowest BCUT2D eigenvalue weighted by atomic mass is 10.0. The molecule has 0 saturated carbocycles. The summed E-state index contributed by atoms with van der Waals surface area (Å²) in [7, 11) is 0. The van der Waals surface area contributed by atoms with Gasteiger partial charge >= 0.3 is 0 Å². The summed E-state index contributed by atoms with van der Waals surface area (Å²) in [6, 6.07) is 9.17. The van der Waals surface area contributed by atoms with Crippen LogP contribution in [0.1, 0.15) is 64.9 Å². The molecular formula is C20H27N5O. The van der Waals surface area contributed by atoms with E-state index in [2.05, 4.69) is 54.9 Å². The summed E-state index contributed by atoms with van der Waals surface area (Å²) in [4.78, 5) is 2.46. The molecule has 6 heteroatoms. The van der Waals surface area contributed by atoms with Gasteiger partial charge in [-0.1, -0.05) is 24.6 Å². The maximum absolute atomic E-state index is 6.15. The van der Waals surface area contributed by atoms with Crippen molar-refractivity contribution < 1.29 is 4.42 Å². The highest BCUT2D eigenvalue weighted by atomic mass is 16.4. The Balaban J connectivity index is 1.74. The smallest absolute Gasteiger partial charge is 0.268 e. The van der Waals surface area contributed by atoms with Crippen LogP contribution in [0.2, 0.25) is 0 Å². The van der Waals surface area contributed by atoms with E-state index in [1.165, 1.54) is 12.8 Å². The molecule has 1 aliphatic rings. The number of para-hydroxylation sites is 1. The van der Waals surface area contributed by atoms with Crippen LogP contribution < -0.4 is 0 Å². The second-order valence-corrected chi connectivity index (χ2v) is 7.69. The van der Waals surface area contributed by atoms with Gasteiger partial charge in [-0.3, -0.25) is 9.58 Å². The van der Waals surface area contributed by atoms with Crippen molar-refractivity contribution in [1.82, 2.24) is 24.9 Å². The van der Waals surface area contributed by atoms with Gasteiger partial charge in [0.15, 0.2) is 5.69 Å². The zero-order chi connectivity index (χ0) is 18.3. The number of hydrogen-bond donors (Lipinski definition) is 0. The van der Waals surface area contributed by atoms with Crippen LogP contribution in [0.3, 0.4) is 0 Å². The summed E-state index contributed by atoms with van der Waals surface area (Å²) in [6.45, 7) is 9.81. The summed E-state index contributed by atoms with van der Waals surface area (Å²) in [5.74, 6) is 1.24. The molecule has 0 aliphatic carbocycles. The minimum atomic E-state index is 0.212. The maximum atomic E-state index is 6.15. The third kappa shape index (κ3) is 2.92. The van der Waals surface area contributed by atoms with Gasteiger partial charge in [0.2, 0.25) is 5.89 Å². The molecule has 2 aromatic heterocycles. The van der Waals surface area contributed by atoms with Gasteiger partial charge in [0.25, 0.3) is 5.89 Å². The van der Waals surface area contributed by atoms with Crippen LogP contribution in [0.5, 0.6) is 0 Å². The molecule has 0 N–H and O–H groups in total. The van der Waals surface area contributed by atoms with Crippen LogP contribution in [0.4, 0.5) is 0 Å². The average molecular weight is 353 g/mol. The normalized spacial score (nSPS) is 19.1. The summed E-state index contributed by atoms with van der Waals surface area (Å²) < 4.78 is 8.17. The van der Waals surface area contributed by atoms with E-state index in [0.29, 0.717) is 11.9 Å². The largest absolute Gasteiger partial charge is 0.417 e. The fourth-order valence-electron chi connectivity index (χ4n) is 3.94. The second-order valence-electron chi connectivity index (χ2n) is 7.69. The van der Waals surface area contributed by atoms with Crippen molar-refractivity contribution in [1.29, 1.82) is 0 Å². The summed E-state index contributed by atoms with van der Waals surface area (Å²) in [5.41, 5.74) is 1.87. The molecule has 0 amide bonds. The highest BCUT2D eigenvalue weighted by Crippen LogP contribution is 2.34. The number of likely N-dealkylation sites (tertiary alicyclic amines) is 1. The van der Waals surface area contributed by atoms with Gasteiger partial charge in [0.05, 0.1) is 11.6 Å². The quantitative estimate of drug-likeness (QED) is 0.686. The fraction of sp³-hybridized carbons (Fsp3) is 0.550. The minimum absolute atomic E-state index is 0.212. The molecule has 6 nitrogen and oxygen atoms in total. The third-order valence-corrected chi connectivity index (χ3v) is 5.24. The van der Waals surface area contributed by atoms with Crippen LogP contribution in [-0.4, -0.2) is 37.5 Å². The van der Waals surface area contributed by atoms with Crippen LogP contribution in [0, 0.1) is 0 Å². The molecule has 1 saturated heterocycles. The molecule has 1 fully saturated rings. The van der Waals surface area contributed by atoms with Crippen molar-refractivity contribution in [3.05, 3.63) is 30.2 Å². The molecule has 3 aromatic rings. The molecule has 1 aromatic carbocycles. The Morgan fingerprint density at radius 1 is 1.04 bits per heavy atom. The van der Waals surface area contributed by atoms with Gasteiger partial charge in [-0.2, -0.15) is 5.10 Å². The Hall–Kier alpha value is -2.21. The Bertz CT molecular complexity index is 895. The first-order valence-corrected chi connectivity index (χ1v) is 9.63. The maximum Gasteiger partial charge on any atom is 0.268 e. The number of rotatable bonds is 4. The van der Waals surface area contributed by atoms with Crippen LogP contribution in [-0.2, 0) is 0 Å². The average Bonchev–Trinajstić information content (AvgIpc) is 3.26. The topological polar surface area (TPSA) is 60.0 Å². The predicted octanol–water partition coefficient (Wildman–Crippen LogP) is 4.60. The van der Waals surface area contributed by atoms with Crippen LogP contribution in [0.25, 0.3) is 22.5 Å². The van der Waals surface area contributed by atoms with Crippen molar-refractivity contribution in [3.63, 3.8) is 0 Å². The Morgan fingerprint density at radius 3 is 2.62 bits per heavy atom. The summed E-state index contributed by atoms with van der Waals surface area (Å²) >= 11 is 0. The minimum Gasteiger partial charge on any atom is -0.417 e. The fourth-order valence-corrected chi connectivity index (χ4v) is 3.94. The number of fused-ring (bicyclic) bond motifs is 1. The molecule has 1 unspecified atom stereocenters. The Morgan fingerprint density at radius 2 is 1.85 bits per heavy atom. The predicted molar refractivity (Wildman–Crippen MR) is 102 cm³/mol. The van der Waals surface area contributed by atoms with Gasteiger partial charge in [0, 0.05) is 17.5 Å². The van der Waals surface area contributed by atoms with E-state index >= 15 is 0 Å². The number of aromatic nitrogens is 4. The van der Waals surface area contributed by atoms with E-state index in [-0.39, 0.29) is 12.1 Å². The summed E-state index contributed by atoms with van der Waals surface area (Å²) in [6.07, 6.45) is 3.51. The van der Waals surface area contributed by atoms with Gasteiger partial charge < -0.3 is 4.42 Å². The number of hydrogen-bond acceptors (Lipinski definition) is 5. The summed E-state index contributed by atoms with van der Waals surface area (Å²) in [5, 5.41) is 14.6. The number of piperidine rings is 1. The van der Waals surface area contributed by atoms with E-state index in [4.69, 9.17) is 9.52 Å². The van der Waals surface area contributed by atoms with Crippen molar-refractivity contribution in [2.45, 2.75) is 65.1 Å². The zero-order valence-electron chi connectivity index (χ0n) is 16.0. The van der Waals surface area contributed by atoms with Crippen molar-refractivity contribution >= 4 is 10.9 Å². The lowest BCUT2D eigenvalue weighted by Crippen LogP contribution is -2.38. The first-order chi connectivity index (χ1) is 12.6. The number of benzene rings is 1. The van der Waals surface area contributed by atoms with Crippen LogP contribution >= 0.6 is 0 Å². The van der Waals surface area contributed by atoms with Crippen molar-refractivity contribution in [2.24, 2.45) is 0 Å². The van der Waals surface area contributed by atoms with E-state index in [9.17, 15) is 0 Å². The molecule has 1 atom stereocenters. The SMILES string of the molecule is CC(C)N1CCCCC1c1nnc(-c2nn(C(C)C)c3ccccc23)o1. The van der Waals surface area contributed by atoms with E-state index in [1.54, 1.807) is 0 Å². The van der Waals surface area contributed by atoms with E-state index < -0.39 is 0 Å².